The number of methoxy groups -OCH3 is 1. The number of thiazole rings is 1. The minimum Gasteiger partial charge on any atom is -0.496 e. The third-order valence-electron chi connectivity index (χ3n) is 5.04. The van der Waals surface area contributed by atoms with E-state index in [4.69, 9.17) is 9.72 Å². The molecule has 3 aromatic rings. The summed E-state index contributed by atoms with van der Waals surface area (Å²) in [5.41, 5.74) is 2.87. The molecule has 1 fully saturated rings. The van der Waals surface area contributed by atoms with Crippen molar-refractivity contribution < 1.29 is 13.2 Å². The van der Waals surface area contributed by atoms with Crippen molar-refractivity contribution in [3.8, 4) is 17.0 Å². The highest BCUT2D eigenvalue weighted by atomic mass is 32.2. The summed E-state index contributed by atoms with van der Waals surface area (Å²) in [7, 11) is -1.81. The molecule has 2 aromatic carbocycles. The van der Waals surface area contributed by atoms with Gasteiger partial charge in [0.1, 0.15) is 5.75 Å². The van der Waals surface area contributed by atoms with Gasteiger partial charge in [0.25, 0.3) is 0 Å². The van der Waals surface area contributed by atoms with E-state index in [1.165, 1.54) is 0 Å². The lowest BCUT2D eigenvalue weighted by Crippen LogP contribution is -2.48. The molecule has 29 heavy (non-hydrogen) atoms. The molecule has 1 aliphatic heterocycles. The first-order valence-corrected chi connectivity index (χ1v) is 11.7. The lowest BCUT2D eigenvalue weighted by Gasteiger charge is -2.33. The number of hydrogen-bond donors (Lipinski definition) is 0. The molecule has 0 aliphatic carbocycles. The molecule has 0 radical (unpaired) electrons. The highest BCUT2D eigenvalue weighted by Crippen LogP contribution is 2.33. The van der Waals surface area contributed by atoms with Crippen LogP contribution in [0.15, 0.2) is 58.8 Å². The van der Waals surface area contributed by atoms with Crippen LogP contribution in [0.2, 0.25) is 0 Å². The predicted octanol–water partition coefficient (Wildman–Crippen LogP) is 3.64. The van der Waals surface area contributed by atoms with Crippen LogP contribution in [0.1, 0.15) is 5.56 Å². The molecule has 152 valence electrons. The Morgan fingerprint density at radius 3 is 2.38 bits per heavy atom. The fraction of sp³-hybridized carbons (Fsp3) is 0.286. The van der Waals surface area contributed by atoms with Crippen LogP contribution in [0, 0.1) is 6.92 Å². The fourth-order valence-electron chi connectivity index (χ4n) is 3.37. The average molecular weight is 430 g/mol. The van der Waals surface area contributed by atoms with Crippen LogP contribution in [0.3, 0.4) is 0 Å². The molecule has 0 spiro atoms. The molecule has 8 heteroatoms. The number of benzene rings is 2. The summed E-state index contributed by atoms with van der Waals surface area (Å²) in [6, 6.07) is 14.8. The van der Waals surface area contributed by atoms with Gasteiger partial charge in [-0.1, -0.05) is 29.8 Å². The Hall–Kier alpha value is -2.42. The Balaban J connectivity index is 1.46. The number of aromatic nitrogens is 1. The predicted molar refractivity (Wildman–Crippen MR) is 116 cm³/mol. The van der Waals surface area contributed by atoms with Gasteiger partial charge in [-0.2, -0.15) is 4.31 Å². The van der Waals surface area contributed by atoms with Gasteiger partial charge in [-0.25, -0.2) is 13.4 Å². The van der Waals surface area contributed by atoms with E-state index in [1.807, 2.05) is 48.7 Å². The number of para-hydroxylation sites is 1. The van der Waals surface area contributed by atoms with Gasteiger partial charge >= 0.3 is 0 Å². The first kappa shape index (κ1) is 19.9. The summed E-state index contributed by atoms with van der Waals surface area (Å²) in [4.78, 5) is 7.26. The minimum absolute atomic E-state index is 0.351. The van der Waals surface area contributed by atoms with E-state index in [0.717, 1.165) is 27.7 Å². The van der Waals surface area contributed by atoms with Crippen LogP contribution >= 0.6 is 11.3 Å². The number of sulfonamides is 1. The maximum Gasteiger partial charge on any atom is 0.243 e. The third kappa shape index (κ3) is 4.01. The second-order valence-electron chi connectivity index (χ2n) is 6.92. The number of nitrogens with zero attached hydrogens (tertiary/aromatic N) is 3. The van der Waals surface area contributed by atoms with E-state index < -0.39 is 10.0 Å². The van der Waals surface area contributed by atoms with Crippen LogP contribution in [-0.2, 0) is 10.0 Å². The summed E-state index contributed by atoms with van der Waals surface area (Å²) in [5, 5.41) is 2.92. The molecule has 0 amide bonds. The number of hydrogen-bond acceptors (Lipinski definition) is 6. The van der Waals surface area contributed by atoms with Gasteiger partial charge in [-0.05, 0) is 31.2 Å². The van der Waals surface area contributed by atoms with Gasteiger partial charge in [0.2, 0.25) is 10.0 Å². The van der Waals surface area contributed by atoms with Gasteiger partial charge in [-0.3, -0.25) is 0 Å². The molecule has 0 bridgehead atoms. The smallest absolute Gasteiger partial charge is 0.243 e. The quantitative estimate of drug-likeness (QED) is 0.620. The fourth-order valence-corrected chi connectivity index (χ4v) is 5.67. The van der Waals surface area contributed by atoms with E-state index in [9.17, 15) is 8.42 Å². The third-order valence-corrected chi connectivity index (χ3v) is 7.86. The van der Waals surface area contributed by atoms with Crippen molar-refractivity contribution in [1.29, 1.82) is 0 Å². The maximum atomic E-state index is 12.9. The van der Waals surface area contributed by atoms with Gasteiger partial charge in [-0.15, -0.1) is 11.3 Å². The van der Waals surface area contributed by atoms with Crippen LogP contribution < -0.4 is 9.64 Å². The SMILES string of the molecule is COc1ccccc1-c1csc(N2CCN(S(=O)(=O)c3ccc(C)cc3)CC2)n1. The number of anilines is 1. The Kier molecular flexibility index (Phi) is 5.58. The average Bonchev–Trinajstić information content (AvgIpc) is 3.24. The molecule has 0 atom stereocenters. The standard InChI is InChI=1S/C21H23N3O3S2/c1-16-7-9-17(10-8-16)29(25,26)24-13-11-23(12-14-24)21-22-19(15-28-21)18-5-3-4-6-20(18)27-2/h3-10,15H,11-14H2,1-2H3. The molecular formula is C21H23N3O3S2. The molecule has 0 unspecified atom stereocenters. The maximum absolute atomic E-state index is 12.9. The molecule has 0 N–H and O–H groups in total. The summed E-state index contributed by atoms with van der Waals surface area (Å²) < 4.78 is 32.8. The van der Waals surface area contributed by atoms with Gasteiger partial charge in [0, 0.05) is 37.1 Å². The van der Waals surface area contributed by atoms with Crippen molar-refractivity contribution in [3.63, 3.8) is 0 Å². The van der Waals surface area contributed by atoms with Crippen LogP contribution in [0.5, 0.6) is 5.75 Å². The van der Waals surface area contributed by atoms with Crippen molar-refractivity contribution in [2.24, 2.45) is 0 Å². The molecule has 0 saturated carbocycles. The molecule has 2 heterocycles. The largest absolute Gasteiger partial charge is 0.496 e. The summed E-state index contributed by atoms with van der Waals surface area (Å²) >= 11 is 1.57. The Morgan fingerprint density at radius 1 is 1.00 bits per heavy atom. The number of piperazine rings is 1. The highest BCUT2D eigenvalue weighted by molar-refractivity contribution is 7.89. The zero-order valence-electron chi connectivity index (χ0n) is 16.4. The highest BCUT2D eigenvalue weighted by Gasteiger charge is 2.29. The van der Waals surface area contributed by atoms with E-state index in [1.54, 1.807) is 34.9 Å². The Morgan fingerprint density at radius 2 is 1.69 bits per heavy atom. The molecule has 1 aromatic heterocycles. The van der Waals surface area contributed by atoms with Crippen LogP contribution in [-0.4, -0.2) is 51.0 Å². The molecule has 4 rings (SSSR count). The zero-order valence-corrected chi connectivity index (χ0v) is 18.0. The molecular weight excluding hydrogens is 406 g/mol. The van der Waals surface area contributed by atoms with Crippen molar-refractivity contribution in [1.82, 2.24) is 9.29 Å². The van der Waals surface area contributed by atoms with Gasteiger partial charge < -0.3 is 9.64 Å². The van der Waals surface area contributed by atoms with E-state index in [2.05, 4.69) is 4.90 Å². The van der Waals surface area contributed by atoms with E-state index in [-0.39, 0.29) is 0 Å². The van der Waals surface area contributed by atoms with Crippen molar-refractivity contribution in [2.45, 2.75) is 11.8 Å². The first-order valence-electron chi connectivity index (χ1n) is 9.40. The second-order valence-corrected chi connectivity index (χ2v) is 9.69. The molecule has 1 aliphatic rings. The molecule has 1 saturated heterocycles. The monoisotopic (exact) mass is 429 g/mol. The van der Waals surface area contributed by atoms with Crippen molar-refractivity contribution in [3.05, 3.63) is 59.5 Å². The normalized spacial score (nSPS) is 15.4. The van der Waals surface area contributed by atoms with Gasteiger partial charge in [0.15, 0.2) is 5.13 Å². The first-order chi connectivity index (χ1) is 14.0. The van der Waals surface area contributed by atoms with E-state index >= 15 is 0 Å². The van der Waals surface area contributed by atoms with Gasteiger partial charge in [0.05, 0.1) is 17.7 Å². The van der Waals surface area contributed by atoms with Crippen molar-refractivity contribution >= 4 is 26.5 Å². The number of ether oxygens (including phenoxy) is 1. The summed E-state index contributed by atoms with van der Waals surface area (Å²) in [6.45, 7) is 4.07. The second kappa shape index (κ2) is 8.14. The number of aryl methyl sites for hydroxylation is 1. The Labute approximate surface area is 175 Å². The van der Waals surface area contributed by atoms with E-state index in [0.29, 0.717) is 31.1 Å². The lowest BCUT2D eigenvalue weighted by atomic mass is 10.1. The minimum atomic E-state index is -3.46. The lowest BCUT2D eigenvalue weighted by molar-refractivity contribution is 0.384. The zero-order chi connectivity index (χ0) is 20.4. The summed E-state index contributed by atoms with van der Waals surface area (Å²) in [6.07, 6.45) is 0. The van der Waals surface area contributed by atoms with Crippen LogP contribution in [0.4, 0.5) is 5.13 Å². The Bertz CT molecular complexity index is 1090. The van der Waals surface area contributed by atoms with Crippen LogP contribution in [0.25, 0.3) is 11.3 Å². The topological polar surface area (TPSA) is 62.7 Å². The van der Waals surface area contributed by atoms with Crippen molar-refractivity contribution in [2.75, 3.05) is 38.2 Å². The molecule has 6 nitrogen and oxygen atoms in total. The number of rotatable bonds is 5. The summed E-state index contributed by atoms with van der Waals surface area (Å²) in [5.74, 6) is 0.790.